The average Bonchev–Trinajstić information content (AvgIpc) is 2.42. The largest absolute Gasteiger partial charge is 0.393 e. The number of aliphatic hydroxyl groups is 1. The van der Waals surface area contributed by atoms with Gasteiger partial charge in [0.25, 0.3) is 0 Å². The zero-order chi connectivity index (χ0) is 13.5. The van der Waals surface area contributed by atoms with E-state index in [0.29, 0.717) is 12.6 Å². The first-order valence-electron chi connectivity index (χ1n) is 6.77. The number of methoxy groups -OCH3 is 1. The number of anilines is 2. The Kier molecular flexibility index (Phi) is 5.35. The van der Waals surface area contributed by atoms with E-state index < -0.39 is 0 Å². The highest BCUT2D eigenvalue weighted by Crippen LogP contribution is 2.21. The molecule has 6 nitrogen and oxygen atoms in total. The number of hydrogen-bond donors (Lipinski definition) is 3. The van der Waals surface area contributed by atoms with Crippen LogP contribution in [0.25, 0.3) is 0 Å². The second-order valence-corrected chi connectivity index (χ2v) is 4.86. The molecule has 1 heterocycles. The topological polar surface area (TPSA) is 79.3 Å². The molecule has 3 N–H and O–H groups in total. The average molecular weight is 266 g/mol. The number of ether oxygens (including phenoxy) is 1. The standard InChI is InChI=1S/C13H22N4O2/c1-19-7-6-14-12-8-13(16-9-15-12)17-10-2-4-11(18)5-3-10/h8-11,18H,2-7H2,1H3,(H2,14,15,16,17). The number of nitrogens with zero attached hydrogens (tertiary/aromatic N) is 2. The number of rotatable bonds is 6. The van der Waals surface area contributed by atoms with E-state index in [2.05, 4.69) is 20.6 Å². The van der Waals surface area contributed by atoms with Gasteiger partial charge in [-0.25, -0.2) is 9.97 Å². The summed E-state index contributed by atoms with van der Waals surface area (Å²) in [5.41, 5.74) is 0. The van der Waals surface area contributed by atoms with E-state index in [4.69, 9.17) is 4.74 Å². The molecule has 1 aliphatic carbocycles. The lowest BCUT2D eigenvalue weighted by Crippen LogP contribution is -2.28. The van der Waals surface area contributed by atoms with Gasteiger partial charge in [0.15, 0.2) is 0 Å². The minimum atomic E-state index is -0.130. The van der Waals surface area contributed by atoms with Crippen LogP contribution in [0.4, 0.5) is 11.6 Å². The molecule has 6 heteroatoms. The molecule has 0 aliphatic heterocycles. The van der Waals surface area contributed by atoms with Crippen molar-refractivity contribution in [3.63, 3.8) is 0 Å². The monoisotopic (exact) mass is 266 g/mol. The fraction of sp³-hybridized carbons (Fsp3) is 0.692. The molecule has 2 rings (SSSR count). The van der Waals surface area contributed by atoms with E-state index in [1.165, 1.54) is 0 Å². The smallest absolute Gasteiger partial charge is 0.131 e. The Hall–Kier alpha value is -1.40. The van der Waals surface area contributed by atoms with Crippen molar-refractivity contribution in [2.24, 2.45) is 0 Å². The summed E-state index contributed by atoms with van der Waals surface area (Å²) in [6, 6.07) is 2.30. The van der Waals surface area contributed by atoms with Gasteiger partial charge < -0.3 is 20.5 Å². The molecular formula is C13H22N4O2. The second kappa shape index (κ2) is 7.25. The van der Waals surface area contributed by atoms with E-state index in [-0.39, 0.29) is 6.10 Å². The first kappa shape index (κ1) is 14.0. The normalized spacial score (nSPS) is 23.1. The van der Waals surface area contributed by atoms with Crippen LogP contribution in [0.2, 0.25) is 0 Å². The molecule has 0 unspecified atom stereocenters. The third-order valence-electron chi connectivity index (χ3n) is 3.33. The Morgan fingerprint density at radius 1 is 1.26 bits per heavy atom. The van der Waals surface area contributed by atoms with Gasteiger partial charge in [0, 0.05) is 25.8 Å². The van der Waals surface area contributed by atoms with Gasteiger partial charge in [-0.3, -0.25) is 0 Å². The van der Waals surface area contributed by atoms with Crippen LogP contribution in [0.5, 0.6) is 0 Å². The van der Waals surface area contributed by atoms with E-state index in [1.807, 2.05) is 6.07 Å². The minimum absolute atomic E-state index is 0.130. The van der Waals surface area contributed by atoms with Gasteiger partial charge in [-0.2, -0.15) is 0 Å². The van der Waals surface area contributed by atoms with Gasteiger partial charge in [0.1, 0.15) is 18.0 Å². The lowest BCUT2D eigenvalue weighted by Gasteiger charge is -2.26. The van der Waals surface area contributed by atoms with Crippen LogP contribution in [0, 0.1) is 0 Å². The fourth-order valence-electron chi connectivity index (χ4n) is 2.24. The van der Waals surface area contributed by atoms with Crippen molar-refractivity contribution >= 4 is 11.6 Å². The molecule has 0 amide bonds. The van der Waals surface area contributed by atoms with Gasteiger partial charge in [-0.1, -0.05) is 0 Å². The van der Waals surface area contributed by atoms with Crippen molar-refractivity contribution < 1.29 is 9.84 Å². The molecule has 0 radical (unpaired) electrons. The zero-order valence-electron chi connectivity index (χ0n) is 11.3. The molecule has 0 atom stereocenters. The molecule has 1 saturated carbocycles. The summed E-state index contributed by atoms with van der Waals surface area (Å²) >= 11 is 0. The number of aliphatic hydroxyl groups excluding tert-OH is 1. The first-order valence-corrected chi connectivity index (χ1v) is 6.77. The maximum Gasteiger partial charge on any atom is 0.131 e. The maximum absolute atomic E-state index is 9.48. The molecule has 0 aromatic carbocycles. The predicted octanol–water partition coefficient (Wildman–Crippen LogP) is 1.25. The van der Waals surface area contributed by atoms with Crippen molar-refractivity contribution in [3.8, 4) is 0 Å². The molecule has 1 fully saturated rings. The minimum Gasteiger partial charge on any atom is -0.393 e. The fourth-order valence-corrected chi connectivity index (χ4v) is 2.24. The first-order chi connectivity index (χ1) is 9.28. The number of hydrogen-bond acceptors (Lipinski definition) is 6. The Morgan fingerprint density at radius 3 is 2.74 bits per heavy atom. The summed E-state index contributed by atoms with van der Waals surface area (Å²) in [5, 5.41) is 16.1. The summed E-state index contributed by atoms with van der Waals surface area (Å²) in [6.45, 7) is 1.37. The van der Waals surface area contributed by atoms with Crippen LogP contribution in [0.1, 0.15) is 25.7 Å². The quantitative estimate of drug-likeness (QED) is 0.673. The van der Waals surface area contributed by atoms with Gasteiger partial charge >= 0.3 is 0 Å². The molecule has 0 bridgehead atoms. The van der Waals surface area contributed by atoms with Crippen LogP contribution in [-0.4, -0.2) is 47.5 Å². The number of nitrogens with one attached hydrogen (secondary N) is 2. The van der Waals surface area contributed by atoms with Crippen molar-refractivity contribution in [3.05, 3.63) is 12.4 Å². The molecular weight excluding hydrogens is 244 g/mol. The molecule has 1 aromatic rings. The van der Waals surface area contributed by atoms with Gasteiger partial charge in [0.05, 0.1) is 12.7 Å². The van der Waals surface area contributed by atoms with Crippen molar-refractivity contribution in [1.29, 1.82) is 0 Å². The van der Waals surface area contributed by atoms with Gasteiger partial charge in [-0.15, -0.1) is 0 Å². The van der Waals surface area contributed by atoms with Crippen LogP contribution in [0.15, 0.2) is 12.4 Å². The van der Waals surface area contributed by atoms with Crippen LogP contribution in [-0.2, 0) is 4.74 Å². The molecule has 0 spiro atoms. The van der Waals surface area contributed by atoms with Crippen molar-refractivity contribution in [2.45, 2.75) is 37.8 Å². The van der Waals surface area contributed by atoms with E-state index >= 15 is 0 Å². The third-order valence-corrected chi connectivity index (χ3v) is 3.33. The predicted molar refractivity (Wildman–Crippen MR) is 74.3 cm³/mol. The highest BCUT2D eigenvalue weighted by Gasteiger charge is 2.19. The molecule has 106 valence electrons. The molecule has 1 aliphatic rings. The van der Waals surface area contributed by atoms with E-state index in [1.54, 1.807) is 13.4 Å². The Morgan fingerprint density at radius 2 is 2.00 bits per heavy atom. The summed E-state index contributed by atoms with van der Waals surface area (Å²) in [5.74, 6) is 1.63. The van der Waals surface area contributed by atoms with Crippen molar-refractivity contribution in [2.75, 3.05) is 30.9 Å². The van der Waals surface area contributed by atoms with Crippen LogP contribution >= 0.6 is 0 Å². The second-order valence-electron chi connectivity index (χ2n) is 4.86. The lowest BCUT2D eigenvalue weighted by molar-refractivity contribution is 0.126. The summed E-state index contributed by atoms with van der Waals surface area (Å²) in [6.07, 6.45) is 5.11. The Balaban J connectivity index is 1.84. The highest BCUT2D eigenvalue weighted by atomic mass is 16.5. The molecule has 0 saturated heterocycles. The number of aromatic nitrogens is 2. The van der Waals surface area contributed by atoms with Gasteiger partial charge in [-0.05, 0) is 25.7 Å². The highest BCUT2D eigenvalue weighted by molar-refractivity contribution is 5.46. The molecule has 19 heavy (non-hydrogen) atoms. The Labute approximate surface area is 113 Å². The zero-order valence-corrected chi connectivity index (χ0v) is 11.3. The summed E-state index contributed by atoms with van der Waals surface area (Å²) < 4.78 is 4.98. The van der Waals surface area contributed by atoms with Gasteiger partial charge in [0.2, 0.25) is 0 Å². The van der Waals surface area contributed by atoms with Crippen LogP contribution < -0.4 is 10.6 Å². The summed E-state index contributed by atoms with van der Waals surface area (Å²) in [4.78, 5) is 8.38. The summed E-state index contributed by atoms with van der Waals surface area (Å²) in [7, 11) is 1.67. The Bertz CT molecular complexity index is 381. The van der Waals surface area contributed by atoms with E-state index in [9.17, 15) is 5.11 Å². The third kappa shape index (κ3) is 4.65. The van der Waals surface area contributed by atoms with Crippen molar-refractivity contribution in [1.82, 2.24) is 9.97 Å². The van der Waals surface area contributed by atoms with Crippen LogP contribution in [0.3, 0.4) is 0 Å². The lowest BCUT2D eigenvalue weighted by atomic mass is 9.93. The molecule has 1 aromatic heterocycles. The van der Waals surface area contributed by atoms with E-state index in [0.717, 1.165) is 43.9 Å². The SMILES string of the molecule is COCCNc1cc(NC2CCC(O)CC2)ncn1. The maximum atomic E-state index is 9.48.